The lowest BCUT2D eigenvalue weighted by atomic mass is 10.1. The van der Waals surface area contributed by atoms with Crippen molar-refractivity contribution in [1.29, 1.82) is 0 Å². The number of nitrogens with one attached hydrogen (secondary N) is 1. The molecule has 1 N–H and O–H groups in total. The van der Waals surface area contributed by atoms with Gasteiger partial charge in [0.1, 0.15) is 5.21 Å². The van der Waals surface area contributed by atoms with Crippen LogP contribution in [0.4, 0.5) is 0 Å². The Morgan fingerprint density at radius 1 is 1.25 bits per heavy atom. The van der Waals surface area contributed by atoms with Crippen molar-refractivity contribution in [2.24, 2.45) is 0 Å². The number of Topliss-reactive ketones (excluding diaryl/α,β-unsaturated/α-hetero) is 1. The molecule has 88 valence electrons. The summed E-state index contributed by atoms with van der Waals surface area (Å²) in [6, 6.07) is 8.72. The van der Waals surface area contributed by atoms with E-state index in [4.69, 9.17) is 11.6 Å². The molecule has 0 saturated carbocycles. The van der Waals surface area contributed by atoms with E-state index in [9.17, 15) is 13.2 Å². The molecule has 0 bridgehead atoms. The second kappa shape index (κ2) is 5.98. The molecule has 0 aliphatic carbocycles. The van der Waals surface area contributed by atoms with E-state index in [1.807, 2.05) is 6.07 Å². The van der Waals surface area contributed by atoms with Crippen LogP contribution in [0.2, 0.25) is 0 Å². The number of carbonyl (C=O) groups is 1. The summed E-state index contributed by atoms with van der Waals surface area (Å²) in [4.78, 5) is 11.6. The Labute approximate surface area is 99.7 Å². The normalized spacial score (nSPS) is 11.3. The van der Waals surface area contributed by atoms with Crippen molar-refractivity contribution in [2.75, 3.05) is 11.8 Å². The van der Waals surface area contributed by atoms with Gasteiger partial charge in [0.25, 0.3) is 0 Å². The van der Waals surface area contributed by atoms with Crippen LogP contribution in [0.1, 0.15) is 16.8 Å². The minimum absolute atomic E-state index is 0.0722. The van der Waals surface area contributed by atoms with Crippen LogP contribution in [0.3, 0.4) is 0 Å². The Bertz CT molecular complexity index is 444. The fourth-order valence-electron chi connectivity index (χ4n) is 1.13. The number of benzene rings is 1. The lowest BCUT2D eigenvalue weighted by Gasteiger charge is -2.03. The third kappa shape index (κ3) is 4.30. The van der Waals surface area contributed by atoms with Gasteiger partial charge in [-0.25, -0.2) is 13.1 Å². The van der Waals surface area contributed by atoms with Crippen molar-refractivity contribution in [2.45, 2.75) is 6.42 Å². The van der Waals surface area contributed by atoms with Crippen molar-refractivity contribution < 1.29 is 13.2 Å². The van der Waals surface area contributed by atoms with Gasteiger partial charge in [-0.1, -0.05) is 30.3 Å². The summed E-state index contributed by atoms with van der Waals surface area (Å²) in [6.45, 7) is 0.0722. The molecule has 16 heavy (non-hydrogen) atoms. The van der Waals surface area contributed by atoms with Gasteiger partial charge < -0.3 is 0 Å². The van der Waals surface area contributed by atoms with Crippen LogP contribution in [-0.4, -0.2) is 26.0 Å². The van der Waals surface area contributed by atoms with Crippen LogP contribution < -0.4 is 4.72 Å². The van der Waals surface area contributed by atoms with E-state index >= 15 is 0 Å². The van der Waals surface area contributed by atoms with Gasteiger partial charge in [0.05, 0.1) is 0 Å². The number of hydrogen-bond acceptors (Lipinski definition) is 3. The number of ketones is 1. The zero-order valence-electron chi connectivity index (χ0n) is 8.52. The molecule has 0 fully saturated rings. The summed E-state index contributed by atoms with van der Waals surface area (Å²) in [5, 5.41) is -0.494. The summed E-state index contributed by atoms with van der Waals surface area (Å²) < 4.78 is 24.2. The second-order valence-corrected chi connectivity index (χ2v) is 5.55. The molecule has 0 spiro atoms. The molecule has 0 unspecified atom stereocenters. The molecule has 0 radical (unpaired) electrons. The van der Waals surface area contributed by atoms with E-state index in [1.54, 1.807) is 24.3 Å². The van der Waals surface area contributed by atoms with Gasteiger partial charge in [-0.05, 0) is 0 Å². The lowest BCUT2D eigenvalue weighted by Crippen LogP contribution is -2.26. The maximum atomic E-state index is 11.6. The van der Waals surface area contributed by atoms with Crippen LogP contribution >= 0.6 is 11.6 Å². The van der Waals surface area contributed by atoms with Crippen molar-refractivity contribution in [3.63, 3.8) is 0 Å². The number of rotatable bonds is 6. The SMILES string of the molecule is O=C(CCNS(=O)(=O)CCl)c1ccccc1. The molecule has 0 aromatic heterocycles. The highest BCUT2D eigenvalue weighted by Gasteiger charge is 2.09. The number of alkyl halides is 1. The Balaban J connectivity index is 2.43. The molecule has 1 aromatic rings. The van der Waals surface area contributed by atoms with E-state index < -0.39 is 15.2 Å². The molecular formula is C10H12ClNO3S. The van der Waals surface area contributed by atoms with Crippen LogP contribution in [0.15, 0.2) is 30.3 Å². The molecule has 1 aromatic carbocycles. The van der Waals surface area contributed by atoms with E-state index in [1.165, 1.54) is 0 Å². The van der Waals surface area contributed by atoms with Crippen LogP contribution in [0, 0.1) is 0 Å². The predicted octanol–water partition coefficient (Wildman–Crippen LogP) is 1.38. The first-order valence-corrected chi connectivity index (χ1v) is 6.85. The number of hydrogen-bond donors (Lipinski definition) is 1. The predicted molar refractivity (Wildman–Crippen MR) is 63.0 cm³/mol. The summed E-state index contributed by atoms with van der Waals surface area (Å²) in [7, 11) is -3.43. The van der Waals surface area contributed by atoms with Gasteiger partial charge in [0.2, 0.25) is 10.0 Å². The Kier molecular flexibility index (Phi) is 4.92. The highest BCUT2D eigenvalue weighted by Crippen LogP contribution is 2.02. The van der Waals surface area contributed by atoms with Gasteiger partial charge in [0, 0.05) is 18.5 Å². The average Bonchev–Trinajstić information content (AvgIpc) is 2.30. The average molecular weight is 262 g/mol. The lowest BCUT2D eigenvalue weighted by molar-refractivity contribution is 0.0984. The fourth-order valence-corrected chi connectivity index (χ4v) is 1.85. The monoisotopic (exact) mass is 261 g/mol. The van der Waals surface area contributed by atoms with Crippen LogP contribution in [0.5, 0.6) is 0 Å². The minimum Gasteiger partial charge on any atom is -0.294 e. The largest absolute Gasteiger partial charge is 0.294 e. The standard InChI is InChI=1S/C10H12ClNO3S/c11-8-16(14,15)12-7-6-10(13)9-4-2-1-3-5-9/h1-5,12H,6-8H2. The molecule has 0 amide bonds. The quantitative estimate of drug-likeness (QED) is 0.622. The molecule has 0 aliphatic heterocycles. The van der Waals surface area contributed by atoms with E-state index in [0.717, 1.165) is 0 Å². The van der Waals surface area contributed by atoms with Crippen LogP contribution in [0.25, 0.3) is 0 Å². The first-order chi connectivity index (χ1) is 7.55. The maximum absolute atomic E-state index is 11.6. The zero-order valence-corrected chi connectivity index (χ0v) is 10.1. The van der Waals surface area contributed by atoms with Crippen molar-refractivity contribution in [1.82, 2.24) is 4.72 Å². The number of halogens is 1. The van der Waals surface area contributed by atoms with Crippen molar-refractivity contribution in [3.05, 3.63) is 35.9 Å². The van der Waals surface area contributed by atoms with Gasteiger partial charge >= 0.3 is 0 Å². The molecule has 0 atom stereocenters. The third-order valence-corrected chi connectivity index (χ3v) is 3.71. The third-order valence-electron chi connectivity index (χ3n) is 1.91. The van der Waals surface area contributed by atoms with E-state index in [-0.39, 0.29) is 18.7 Å². The maximum Gasteiger partial charge on any atom is 0.225 e. The van der Waals surface area contributed by atoms with Crippen LogP contribution in [-0.2, 0) is 10.0 Å². The first kappa shape index (κ1) is 13.2. The summed E-state index contributed by atoms with van der Waals surface area (Å²) in [6.07, 6.45) is 0.125. The zero-order chi connectivity index (χ0) is 12.0. The van der Waals surface area contributed by atoms with E-state index in [2.05, 4.69) is 4.72 Å². The molecule has 0 saturated heterocycles. The van der Waals surface area contributed by atoms with E-state index in [0.29, 0.717) is 5.56 Å². The van der Waals surface area contributed by atoms with Crippen molar-refractivity contribution in [3.8, 4) is 0 Å². The first-order valence-electron chi connectivity index (χ1n) is 4.67. The van der Waals surface area contributed by atoms with Gasteiger partial charge in [-0.2, -0.15) is 0 Å². The minimum atomic E-state index is -3.43. The highest BCUT2D eigenvalue weighted by atomic mass is 35.5. The molecule has 0 heterocycles. The Hall–Kier alpha value is -0.910. The highest BCUT2D eigenvalue weighted by molar-refractivity contribution is 7.90. The summed E-state index contributed by atoms with van der Waals surface area (Å²) in [5.74, 6) is -0.0992. The molecule has 0 aliphatic rings. The van der Waals surface area contributed by atoms with Crippen molar-refractivity contribution >= 4 is 27.4 Å². The molecule has 4 nitrogen and oxygen atoms in total. The molecular weight excluding hydrogens is 250 g/mol. The molecule has 6 heteroatoms. The number of sulfonamides is 1. The second-order valence-electron chi connectivity index (χ2n) is 3.16. The number of carbonyl (C=O) groups excluding carboxylic acids is 1. The Morgan fingerprint density at radius 2 is 1.88 bits per heavy atom. The topological polar surface area (TPSA) is 63.2 Å². The fraction of sp³-hybridized carbons (Fsp3) is 0.300. The van der Waals surface area contributed by atoms with Gasteiger partial charge in [-0.15, -0.1) is 11.6 Å². The van der Waals surface area contributed by atoms with Gasteiger partial charge in [0.15, 0.2) is 5.78 Å². The smallest absolute Gasteiger partial charge is 0.225 e. The summed E-state index contributed by atoms with van der Waals surface area (Å²) in [5.41, 5.74) is 0.576. The Morgan fingerprint density at radius 3 is 2.44 bits per heavy atom. The summed E-state index contributed by atoms with van der Waals surface area (Å²) >= 11 is 5.19. The van der Waals surface area contributed by atoms with Gasteiger partial charge in [-0.3, -0.25) is 4.79 Å². The molecule has 1 rings (SSSR count).